The molecule has 3 rings (SSSR count). The number of nitrogens with zero attached hydrogens (tertiary/aromatic N) is 4. The zero-order valence-corrected chi connectivity index (χ0v) is 15.0. The Morgan fingerprint density at radius 1 is 1.15 bits per heavy atom. The van der Waals surface area contributed by atoms with E-state index in [1.165, 1.54) is 0 Å². The molecule has 2 aliphatic rings. The predicted molar refractivity (Wildman–Crippen MR) is 94.0 cm³/mol. The molecule has 9 heteroatoms. The Labute approximate surface area is 152 Å². The normalized spacial score (nSPS) is 18.5. The number of hydrogen-bond donors (Lipinski definition) is 1. The Balaban J connectivity index is 1.49. The Kier molecular flexibility index (Phi) is 6.21. The molecule has 0 atom stereocenters. The van der Waals surface area contributed by atoms with Crippen molar-refractivity contribution >= 4 is 17.8 Å². The molecular weight excluding hydrogens is 338 g/mol. The van der Waals surface area contributed by atoms with Crippen LogP contribution >= 0.6 is 0 Å². The summed E-state index contributed by atoms with van der Waals surface area (Å²) in [5.41, 5.74) is 0.342. The number of amides is 2. The lowest BCUT2D eigenvalue weighted by Gasteiger charge is -2.31. The van der Waals surface area contributed by atoms with Gasteiger partial charge in [-0.2, -0.15) is 0 Å². The molecule has 0 spiro atoms. The fourth-order valence-corrected chi connectivity index (χ4v) is 3.08. The van der Waals surface area contributed by atoms with Gasteiger partial charge in [0, 0.05) is 32.2 Å². The maximum Gasteiger partial charge on any atom is 0.409 e. The summed E-state index contributed by atoms with van der Waals surface area (Å²) in [6.07, 6.45) is 1.38. The first-order chi connectivity index (χ1) is 12.7. The van der Waals surface area contributed by atoms with Crippen LogP contribution in [0.25, 0.3) is 0 Å². The summed E-state index contributed by atoms with van der Waals surface area (Å²) in [6.45, 7) is 5.78. The van der Waals surface area contributed by atoms with Crippen molar-refractivity contribution in [1.29, 1.82) is 0 Å². The summed E-state index contributed by atoms with van der Waals surface area (Å²) in [6, 6.07) is 3.69. The van der Waals surface area contributed by atoms with Crippen LogP contribution in [0.5, 0.6) is 0 Å². The second-order valence-corrected chi connectivity index (χ2v) is 6.31. The average molecular weight is 363 g/mol. The Hall–Kier alpha value is -2.42. The van der Waals surface area contributed by atoms with Gasteiger partial charge in [0.25, 0.3) is 5.91 Å². The number of ether oxygens (including phenoxy) is 2. The van der Waals surface area contributed by atoms with Crippen molar-refractivity contribution in [2.24, 2.45) is 0 Å². The minimum absolute atomic E-state index is 0.116. The van der Waals surface area contributed by atoms with Crippen LogP contribution in [0.2, 0.25) is 0 Å². The van der Waals surface area contributed by atoms with Crippen LogP contribution in [0.15, 0.2) is 12.1 Å². The molecule has 1 aromatic heterocycles. The number of anilines is 1. The van der Waals surface area contributed by atoms with Gasteiger partial charge in [0.1, 0.15) is 5.82 Å². The van der Waals surface area contributed by atoms with E-state index in [4.69, 9.17) is 9.47 Å². The third-order valence-electron chi connectivity index (χ3n) is 4.55. The van der Waals surface area contributed by atoms with Crippen molar-refractivity contribution in [3.8, 4) is 0 Å². The van der Waals surface area contributed by atoms with Crippen molar-refractivity contribution < 1.29 is 19.1 Å². The van der Waals surface area contributed by atoms with Gasteiger partial charge < -0.3 is 24.6 Å². The minimum atomic E-state index is -0.253. The van der Waals surface area contributed by atoms with E-state index in [1.807, 2.05) is 0 Å². The highest BCUT2D eigenvalue weighted by atomic mass is 16.6. The number of likely N-dealkylation sites (tertiary alicyclic amines) is 1. The largest absolute Gasteiger partial charge is 0.450 e. The van der Waals surface area contributed by atoms with E-state index in [-0.39, 0.29) is 18.0 Å². The highest BCUT2D eigenvalue weighted by Crippen LogP contribution is 2.16. The molecule has 26 heavy (non-hydrogen) atoms. The maximum atomic E-state index is 12.4. The van der Waals surface area contributed by atoms with E-state index in [9.17, 15) is 9.59 Å². The molecule has 2 saturated heterocycles. The van der Waals surface area contributed by atoms with Gasteiger partial charge in [-0.25, -0.2) is 4.79 Å². The Morgan fingerprint density at radius 2 is 1.88 bits per heavy atom. The summed E-state index contributed by atoms with van der Waals surface area (Å²) in [4.78, 5) is 27.5. The molecule has 3 heterocycles. The van der Waals surface area contributed by atoms with Crippen molar-refractivity contribution in [3.05, 3.63) is 17.8 Å². The lowest BCUT2D eigenvalue weighted by molar-refractivity contribution is 0.0298. The van der Waals surface area contributed by atoms with Gasteiger partial charge in [-0.3, -0.25) is 4.79 Å². The molecule has 0 saturated carbocycles. The zero-order valence-electron chi connectivity index (χ0n) is 15.0. The number of rotatable bonds is 4. The van der Waals surface area contributed by atoms with Crippen LogP contribution in [0.4, 0.5) is 10.6 Å². The number of carbonyl (C=O) groups excluding carboxylic acids is 2. The van der Waals surface area contributed by atoms with Crippen molar-refractivity contribution in [1.82, 2.24) is 20.0 Å². The summed E-state index contributed by atoms with van der Waals surface area (Å²) in [5.74, 6) is 0.521. The smallest absolute Gasteiger partial charge is 0.409 e. The predicted octanol–water partition coefficient (Wildman–Crippen LogP) is 0.982. The molecule has 1 aromatic rings. The highest BCUT2D eigenvalue weighted by Gasteiger charge is 2.24. The molecule has 0 unspecified atom stereocenters. The number of nitrogens with one attached hydrogen (secondary N) is 1. The first-order valence-corrected chi connectivity index (χ1v) is 9.06. The molecule has 2 aliphatic heterocycles. The Bertz CT molecular complexity index is 610. The minimum Gasteiger partial charge on any atom is -0.450 e. The molecule has 0 bridgehead atoms. The van der Waals surface area contributed by atoms with E-state index in [0.29, 0.717) is 57.5 Å². The van der Waals surface area contributed by atoms with Crippen LogP contribution in [-0.4, -0.2) is 84.0 Å². The third-order valence-corrected chi connectivity index (χ3v) is 4.55. The van der Waals surface area contributed by atoms with Crippen LogP contribution in [0.1, 0.15) is 30.3 Å². The number of morpholine rings is 1. The second-order valence-electron chi connectivity index (χ2n) is 6.31. The van der Waals surface area contributed by atoms with Crippen molar-refractivity contribution in [2.75, 3.05) is 51.3 Å². The van der Waals surface area contributed by atoms with Crippen molar-refractivity contribution in [2.45, 2.75) is 25.8 Å². The number of carbonyl (C=O) groups is 2. The monoisotopic (exact) mass is 363 g/mol. The average Bonchev–Trinajstić information content (AvgIpc) is 2.69. The van der Waals surface area contributed by atoms with Gasteiger partial charge in [-0.15, -0.1) is 10.2 Å². The first kappa shape index (κ1) is 18.4. The fraction of sp³-hybridized carbons (Fsp3) is 0.647. The lowest BCUT2D eigenvalue weighted by Crippen LogP contribution is -2.42. The molecular formula is C17H25N5O4. The van der Waals surface area contributed by atoms with E-state index in [2.05, 4.69) is 15.5 Å². The van der Waals surface area contributed by atoms with Crippen LogP contribution in [-0.2, 0) is 9.47 Å². The van der Waals surface area contributed by atoms with Gasteiger partial charge in [-0.05, 0) is 31.9 Å². The van der Waals surface area contributed by atoms with Crippen LogP contribution < -0.4 is 5.32 Å². The van der Waals surface area contributed by atoms with Gasteiger partial charge in [0.2, 0.25) is 0 Å². The molecule has 2 amide bonds. The van der Waals surface area contributed by atoms with Gasteiger partial charge in [-0.1, -0.05) is 0 Å². The molecule has 9 nitrogen and oxygen atoms in total. The summed E-state index contributed by atoms with van der Waals surface area (Å²) < 4.78 is 10.3. The molecule has 142 valence electrons. The topological polar surface area (TPSA) is 96.9 Å². The molecule has 0 aromatic carbocycles. The van der Waals surface area contributed by atoms with Gasteiger partial charge in [0.15, 0.2) is 5.69 Å². The van der Waals surface area contributed by atoms with E-state index >= 15 is 0 Å². The van der Waals surface area contributed by atoms with E-state index in [1.54, 1.807) is 28.9 Å². The number of piperidine rings is 1. The number of aromatic nitrogens is 2. The van der Waals surface area contributed by atoms with E-state index in [0.717, 1.165) is 12.8 Å². The maximum absolute atomic E-state index is 12.4. The standard InChI is InChI=1S/C17H25N5O4/c1-2-26-17(24)22-7-5-13(6-8-22)18-15-4-3-14(19-20-15)16(23)21-9-11-25-12-10-21/h3-4,13H,2,5-12H2,1H3,(H,18,20). The SMILES string of the molecule is CCOC(=O)N1CCC(Nc2ccc(C(=O)N3CCOCC3)nn2)CC1. The van der Waals surface area contributed by atoms with Crippen molar-refractivity contribution in [3.63, 3.8) is 0 Å². The van der Waals surface area contributed by atoms with Crippen LogP contribution in [0, 0.1) is 0 Å². The highest BCUT2D eigenvalue weighted by molar-refractivity contribution is 5.92. The first-order valence-electron chi connectivity index (χ1n) is 9.06. The summed E-state index contributed by atoms with van der Waals surface area (Å²) in [7, 11) is 0. The summed E-state index contributed by atoms with van der Waals surface area (Å²) in [5, 5.41) is 11.5. The zero-order chi connectivity index (χ0) is 18.4. The summed E-state index contributed by atoms with van der Waals surface area (Å²) >= 11 is 0. The van der Waals surface area contributed by atoms with Gasteiger partial charge in [0.05, 0.1) is 19.8 Å². The van der Waals surface area contributed by atoms with E-state index < -0.39 is 0 Å². The Morgan fingerprint density at radius 3 is 2.50 bits per heavy atom. The fourth-order valence-electron chi connectivity index (χ4n) is 3.08. The molecule has 1 N–H and O–H groups in total. The molecule has 2 fully saturated rings. The molecule has 0 aliphatic carbocycles. The quantitative estimate of drug-likeness (QED) is 0.852. The second kappa shape index (κ2) is 8.79. The number of hydrogen-bond acceptors (Lipinski definition) is 7. The molecule has 0 radical (unpaired) electrons. The third kappa shape index (κ3) is 4.60. The van der Waals surface area contributed by atoms with Gasteiger partial charge >= 0.3 is 6.09 Å². The lowest BCUT2D eigenvalue weighted by atomic mass is 10.1. The van der Waals surface area contributed by atoms with Crippen LogP contribution in [0.3, 0.4) is 0 Å².